The highest BCUT2D eigenvalue weighted by Gasteiger charge is 2.19. The predicted octanol–water partition coefficient (Wildman–Crippen LogP) is 2.03. The van der Waals surface area contributed by atoms with Crippen LogP contribution in [0.5, 0.6) is 0 Å². The van der Waals surface area contributed by atoms with Crippen LogP contribution in [0.15, 0.2) is 36.7 Å². The van der Waals surface area contributed by atoms with Crippen LogP contribution >= 0.6 is 0 Å². The summed E-state index contributed by atoms with van der Waals surface area (Å²) in [5, 5.41) is 6.56. The standard InChI is InChI=1S/C16H20FN5/c1-12-8-18-5-6-22(12)16-11-19-10-15(21-16)20-9-13-3-2-4-14(17)7-13/h2-4,7,10-12,18H,5-6,8-9H2,1H3,(H,20,21). The molecule has 1 fully saturated rings. The molecule has 1 aliphatic rings. The number of halogens is 1. The van der Waals surface area contributed by atoms with Crippen molar-refractivity contribution < 1.29 is 4.39 Å². The lowest BCUT2D eigenvalue weighted by Gasteiger charge is -2.34. The molecule has 2 N–H and O–H groups in total. The van der Waals surface area contributed by atoms with Crippen LogP contribution in [0.4, 0.5) is 16.0 Å². The molecule has 0 aliphatic carbocycles. The van der Waals surface area contributed by atoms with E-state index in [1.807, 2.05) is 6.07 Å². The molecule has 22 heavy (non-hydrogen) atoms. The van der Waals surface area contributed by atoms with Gasteiger partial charge in [0.05, 0.1) is 12.4 Å². The summed E-state index contributed by atoms with van der Waals surface area (Å²) in [7, 11) is 0. The van der Waals surface area contributed by atoms with E-state index in [-0.39, 0.29) is 5.82 Å². The molecule has 1 atom stereocenters. The number of rotatable bonds is 4. The van der Waals surface area contributed by atoms with Gasteiger partial charge >= 0.3 is 0 Å². The quantitative estimate of drug-likeness (QED) is 0.905. The third-order valence-electron chi connectivity index (χ3n) is 3.78. The number of hydrogen-bond donors (Lipinski definition) is 2. The fourth-order valence-electron chi connectivity index (χ4n) is 2.60. The van der Waals surface area contributed by atoms with Crippen LogP contribution in [0.2, 0.25) is 0 Å². The Kier molecular flexibility index (Phi) is 4.48. The molecule has 3 rings (SSSR count). The van der Waals surface area contributed by atoms with E-state index in [0.29, 0.717) is 18.4 Å². The summed E-state index contributed by atoms with van der Waals surface area (Å²) in [4.78, 5) is 11.1. The maximum Gasteiger partial charge on any atom is 0.149 e. The van der Waals surface area contributed by atoms with Gasteiger partial charge in [0, 0.05) is 32.2 Å². The molecule has 116 valence electrons. The van der Waals surface area contributed by atoms with Crippen LogP contribution in [0.3, 0.4) is 0 Å². The second-order valence-electron chi connectivity index (χ2n) is 5.49. The van der Waals surface area contributed by atoms with Gasteiger partial charge in [-0.1, -0.05) is 12.1 Å². The molecular weight excluding hydrogens is 281 g/mol. The summed E-state index contributed by atoms with van der Waals surface area (Å²) in [5.41, 5.74) is 0.878. The molecule has 1 unspecified atom stereocenters. The van der Waals surface area contributed by atoms with Gasteiger partial charge in [0.15, 0.2) is 0 Å². The number of piperazine rings is 1. The zero-order chi connectivity index (χ0) is 15.4. The smallest absolute Gasteiger partial charge is 0.149 e. The summed E-state index contributed by atoms with van der Waals surface area (Å²) < 4.78 is 13.2. The van der Waals surface area contributed by atoms with E-state index in [1.165, 1.54) is 12.1 Å². The lowest BCUT2D eigenvalue weighted by Crippen LogP contribution is -2.50. The van der Waals surface area contributed by atoms with Crippen molar-refractivity contribution >= 4 is 11.6 Å². The number of anilines is 2. The summed E-state index contributed by atoms with van der Waals surface area (Å²) in [6.07, 6.45) is 3.48. The highest BCUT2D eigenvalue weighted by Crippen LogP contribution is 2.17. The van der Waals surface area contributed by atoms with E-state index < -0.39 is 0 Å². The average molecular weight is 301 g/mol. The summed E-state index contributed by atoms with van der Waals surface area (Å²) in [6, 6.07) is 6.93. The monoisotopic (exact) mass is 301 g/mol. The molecule has 2 aromatic rings. The van der Waals surface area contributed by atoms with Crippen LogP contribution in [0.1, 0.15) is 12.5 Å². The Morgan fingerprint density at radius 2 is 2.32 bits per heavy atom. The highest BCUT2D eigenvalue weighted by molar-refractivity contribution is 5.45. The predicted molar refractivity (Wildman–Crippen MR) is 85.4 cm³/mol. The minimum Gasteiger partial charge on any atom is -0.365 e. The first-order valence-corrected chi connectivity index (χ1v) is 7.50. The Balaban J connectivity index is 1.68. The van der Waals surface area contributed by atoms with Gasteiger partial charge in [-0.3, -0.25) is 4.98 Å². The normalized spacial score (nSPS) is 18.3. The van der Waals surface area contributed by atoms with Gasteiger partial charge in [-0.25, -0.2) is 9.37 Å². The molecule has 1 aliphatic heterocycles. The van der Waals surface area contributed by atoms with Crippen molar-refractivity contribution in [2.45, 2.75) is 19.5 Å². The second kappa shape index (κ2) is 6.70. The van der Waals surface area contributed by atoms with Crippen LogP contribution in [-0.4, -0.2) is 35.6 Å². The maximum atomic E-state index is 13.2. The summed E-state index contributed by atoms with van der Waals surface area (Å²) in [6.45, 7) is 5.51. The topological polar surface area (TPSA) is 53.1 Å². The zero-order valence-corrected chi connectivity index (χ0v) is 12.6. The van der Waals surface area contributed by atoms with Crippen molar-refractivity contribution in [1.29, 1.82) is 0 Å². The highest BCUT2D eigenvalue weighted by atomic mass is 19.1. The van der Waals surface area contributed by atoms with Gasteiger partial charge in [0.2, 0.25) is 0 Å². The number of nitrogens with one attached hydrogen (secondary N) is 2. The number of nitrogens with zero attached hydrogens (tertiary/aromatic N) is 3. The van der Waals surface area contributed by atoms with Gasteiger partial charge in [0.25, 0.3) is 0 Å². The van der Waals surface area contributed by atoms with Crippen LogP contribution in [-0.2, 0) is 6.54 Å². The lowest BCUT2D eigenvalue weighted by molar-refractivity contribution is 0.497. The molecule has 1 saturated heterocycles. The van der Waals surface area contributed by atoms with Gasteiger partial charge in [-0.2, -0.15) is 0 Å². The Labute approximate surface area is 129 Å². The van der Waals surface area contributed by atoms with Crippen molar-refractivity contribution in [2.24, 2.45) is 0 Å². The number of benzene rings is 1. The second-order valence-corrected chi connectivity index (χ2v) is 5.49. The number of hydrogen-bond acceptors (Lipinski definition) is 5. The van der Waals surface area contributed by atoms with E-state index in [9.17, 15) is 4.39 Å². The van der Waals surface area contributed by atoms with E-state index in [2.05, 4.69) is 32.4 Å². The Morgan fingerprint density at radius 3 is 3.14 bits per heavy atom. The van der Waals surface area contributed by atoms with Gasteiger partial charge in [0.1, 0.15) is 17.5 Å². The summed E-state index contributed by atoms with van der Waals surface area (Å²) in [5.74, 6) is 1.35. The summed E-state index contributed by atoms with van der Waals surface area (Å²) >= 11 is 0. The van der Waals surface area contributed by atoms with E-state index in [4.69, 9.17) is 0 Å². The van der Waals surface area contributed by atoms with E-state index >= 15 is 0 Å². The minimum atomic E-state index is -0.228. The number of aromatic nitrogens is 2. The molecular formula is C16H20FN5. The molecule has 0 bridgehead atoms. The van der Waals surface area contributed by atoms with E-state index in [0.717, 1.165) is 31.0 Å². The SMILES string of the molecule is CC1CNCCN1c1cncc(NCc2cccc(F)c2)n1. The Hall–Kier alpha value is -2.21. The van der Waals surface area contributed by atoms with Crippen LogP contribution in [0, 0.1) is 5.82 Å². The molecule has 6 heteroatoms. The molecule has 0 saturated carbocycles. The Morgan fingerprint density at radius 1 is 1.41 bits per heavy atom. The van der Waals surface area contributed by atoms with Gasteiger partial charge in [-0.05, 0) is 24.6 Å². The maximum absolute atomic E-state index is 13.2. The van der Waals surface area contributed by atoms with Crippen molar-refractivity contribution in [1.82, 2.24) is 15.3 Å². The molecule has 0 amide bonds. The molecule has 1 aromatic heterocycles. The Bertz CT molecular complexity index is 633. The third kappa shape index (κ3) is 3.51. The fourth-order valence-corrected chi connectivity index (χ4v) is 2.60. The van der Waals surface area contributed by atoms with Crippen molar-refractivity contribution in [3.8, 4) is 0 Å². The molecule has 0 radical (unpaired) electrons. The average Bonchev–Trinajstić information content (AvgIpc) is 2.54. The zero-order valence-electron chi connectivity index (χ0n) is 12.6. The first-order chi connectivity index (χ1) is 10.7. The van der Waals surface area contributed by atoms with Crippen molar-refractivity contribution in [3.05, 3.63) is 48.0 Å². The minimum absolute atomic E-state index is 0.228. The third-order valence-corrected chi connectivity index (χ3v) is 3.78. The molecule has 5 nitrogen and oxygen atoms in total. The molecule has 2 heterocycles. The first-order valence-electron chi connectivity index (χ1n) is 7.50. The molecule has 1 aromatic carbocycles. The van der Waals surface area contributed by atoms with Gasteiger partial charge in [-0.15, -0.1) is 0 Å². The fraction of sp³-hybridized carbons (Fsp3) is 0.375. The van der Waals surface area contributed by atoms with Crippen molar-refractivity contribution in [3.63, 3.8) is 0 Å². The van der Waals surface area contributed by atoms with Crippen LogP contribution < -0.4 is 15.5 Å². The van der Waals surface area contributed by atoms with E-state index in [1.54, 1.807) is 18.5 Å². The first kappa shape index (κ1) is 14.7. The van der Waals surface area contributed by atoms with Crippen molar-refractivity contribution in [2.75, 3.05) is 29.9 Å². The largest absolute Gasteiger partial charge is 0.365 e. The molecule has 0 spiro atoms. The van der Waals surface area contributed by atoms with Gasteiger partial charge < -0.3 is 15.5 Å². The lowest BCUT2D eigenvalue weighted by atomic mass is 10.2. The van der Waals surface area contributed by atoms with Crippen LogP contribution in [0.25, 0.3) is 0 Å².